The summed E-state index contributed by atoms with van der Waals surface area (Å²) in [6.45, 7) is 4.27. The van der Waals surface area contributed by atoms with Crippen molar-refractivity contribution in [2.75, 3.05) is 32.4 Å². The number of carbonyl (C=O) groups excluding carboxylic acids is 1. The summed E-state index contributed by atoms with van der Waals surface area (Å²) in [6.07, 6.45) is 2.49. The molecule has 1 aromatic carbocycles. The summed E-state index contributed by atoms with van der Waals surface area (Å²) in [5, 5.41) is 6.70. The van der Waals surface area contributed by atoms with Gasteiger partial charge in [0.1, 0.15) is 5.82 Å². The minimum Gasteiger partial charge on any atom is -0.356 e. The third-order valence-electron chi connectivity index (χ3n) is 4.10. The molecule has 1 amide bonds. The van der Waals surface area contributed by atoms with Gasteiger partial charge < -0.3 is 15.5 Å². The highest BCUT2D eigenvalue weighted by Crippen LogP contribution is 2.18. The van der Waals surface area contributed by atoms with E-state index in [1.165, 1.54) is 12.1 Å². The van der Waals surface area contributed by atoms with Gasteiger partial charge in [-0.25, -0.2) is 4.39 Å². The Kier molecular flexibility index (Phi) is 8.04. The summed E-state index contributed by atoms with van der Waals surface area (Å²) in [6, 6.07) is 6.84. The Labute approximate surface area is 153 Å². The highest BCUT2D eigenvalue weighted by molar-refractivity contribution is 7.99. The summed E-state index contributed by atoms with van der Waals surface area (Å²) >= 11 is 1.72. The number of rotatable bonds is 7. The number of aliphatic imine (C=N–C) groups is 1. The van der Waals surface area contributed by atoms with E-state index in [-0.39, 0.29) is 17.8 Å². The van der Waals surface area contributed by atoms with Crippen molar-refractivity contribution in [3.63, 3.8) is 0 Å². The summed E-state index contributed by atoms with van der Waals surface area (Å²) < 4.78 is 12.9. The Morgan fingerprint density at radius 1 is 1.40 bits per heavy atom. The van der Waals surface area contributed by atoms with E-state index in [0.29, 0.717) is 6.42 Å². The van der Waals surface area contributed by atoms with Crippen molar-refractivity contribution in [2.24, 2.45) is 4.99 Å². The van der Waals surface area contributed by atoms with E-state index < -0.39 is 0 Å². The number of amides is 1. The lowest BCUT2D eigenvalue weighted by atomic mass is 10.3. The molecule has 1 saturated heterocycles. The van der Waals surface area contributed by atoms with E-state index >= 15 is 0 Å². The summed E-state index contributed by atoms with van der Waals surface area (Å²) in [5.74, 6) is 1.75. The molecule has 0 radical (unpaired) electrons. The van der Waals surface area contributed by atoms with Gasteiger partial charge in [0.15, 0.2) is 5.96 Å². The maximum absolute atomic E-state index is 12.9. The van der Waals surface area contributed by atoms with Crippen molar-refractivity contribution < 1.29 is 9.18 Å². The van der Waals surface area contributed by atoms with E-state index in [1.54, 1.807) is 30.9 Å². The highest BCUT2D eigenvalue weighted by Gasteiger charge is 2.25. The lowest BCUT2D eigenvalue weighted by Crippen LogP contribution is -2.45. The average Bonchev–Trinajstić information content (AvgIpc) is 3.10. The van der Waals surface area contributed by atoms with Gasteiger partial charge in [-0.15, -0.1) is 11.8 Å². The monoisotopic (exact) mass is 366 g/mol. The molecular formula is C18H27FN4OS. The number of nitrogens with one attached hydrogen (secondary N) is 2. The molecule has 2 rings (SSSR count). The van der Waals surface area contributed by atoms with Gasteiger partial charge in [0.05, 0.1) is 0 Å². The molecule has 25 heavy (non-hydrogen) atoms. The summed E-state index contributed by atoms with van der Waals surface area (Å²) in [5.41, 5.74) is 0. The first-order valence-corrected chi connectivity index (χ1v) is 9.74. The molecule has 7 heteroatoms. The number of likely N-dealkylation sites (tertiary alicyclic amines) is 1. The molecule has 0 bridgehead atoms. The molecule has 1 fully saturated rings. The van der Waals surface area contributed by atoms with Crippen LogP contribution in [0.15, 0.2) is 34.2 Å². The van der Waals surface area contributed by atoms with Gasteiger partial charge in [0.2, 0.25) is 5.91 Å². The maximum Gasteiger partial charge on any atom is 0.222 e. The minimum atomic E-state index is -0.202. The topological polar surface area (TPSA) is 56.7 Å². The molecule has 1 unspecified atom stereocenters. The fraction of sp³-hybridized carbons (Fsp3) is 0.556. The van der Waals surface area contributed by atoms with Crippen molar-refractivity contribution in [2.45, 2.75) is 37.1 Å². The number of nitrogens with zero attached hydrogens (tertiary/aromatic N) is 2. The first-order chi connectivity index (χ1) is 12.1. The Bertz CT molecular complexity index is 579. The number of thioether (sulfide) groups is 1. The summed E-state index contributed by atoms with van der Waals surface area (Å²) in [4.78, 5) is 19.0. The van der Waals surface area contributed by atoms with Gasteiger partial charge in [-0.2, -0.15) is 0 Å². The van der Waals surface area contributed by atoms with Crippen LogP contribution < -0.4 is 10.6 Å². The molecule has 0 spiro atoms. The van der Waals surface area contributed by atoms with Crippen LogP contribution in [0.4, 0.5) is 4.39 Å². The van der Waals surface area contributed by atoms with E-state index in [9.17, 15) is 9.18 Å². The van der Waals surface area contributed by atoms with Crippen molar-refractivity contribution in [3.8, 4) is 0 Å². The zero-order valence-electron chi connectivity index (χ0n) is 14.9. The molecular weight excluding hydrogens is 339 g/mol. The fourth-order valence-electron chi connectivity index (χ4n) is 2.72. The number of carbonyl (C=O) groups is 1. The minimum absolute atomic E-state index is 0.202. The van der Waals surface area contributed by atoms with Gasteiger partial charge >= 0.3 is 0 Å². The van der Waals surface area contributed by atoms with Gasteiger partial charge in [-0.1, -0.05) is 6.92 Å². The van der Waals surface area contributed by atoms with Crippen LogP contribution in [-0.2, 0) is 4.79 Å². The van der Waals surface area contributed by atoms with Gasteiger partial charge in [0, 0.05) is 44.0 Å². The average molecular weight is 367 g/mol. The molecule has 1 aliphatic heterocycles. The second-order valence-electron chi connectivity index (χ2n) is 5.98. The van der Waals surface area contributed by atoms with Gasteiger partial charge in [0.25, 0.3) is 0 Å². The van der Waals surface area contributed by atoms with E-state index in [4.69, 9.17) is 0 Å². The van der Waals surface area contributed by atoms with Gasteiger partial charge in [-0.3, -0.25) is 9.79 Å². The smallest absolute Gasteiger partial charge is 0.222 e. The zero-order chi connectivity index (χ0) is 18.1. The number of hydrogen-bond acceptors (Lipinski definition) is 3. The lowest BCUT2D eigenvalue weighted by Gasteiger charge is -2.18. The predicted molar refractivity (Wildman–Crippen MR) is 102 cm³/mol. The molecule has 0 aliphatic carbocycles. The van der Waals surface area contributed by atoms with Crippen LogP contribution in [0, 0.1) is 5.82 Å². The number of halogens is 1. The van der Waals surface area contributed by atoms with Crippen molar-refractivity contribution in [1.29, 1.82) is 0 Å². The number of benzene rings is 1. The first kappa shape index (κ1) is 19.6. The SMILES string of the molecule is CCC(=O)N1CCC(NC(=NC)NCCCSc2ccc(F)cc2)C1. The Hall–Kier alpha value is -1.76. The van der Waals surface area contributed by atoms with Crippen LogP contribution in [0.25, 0.3) is 0 Å². The number of guanidine groups is 1. The Morgan fingerprint density at radius 2 is 2.16 bits per heavy atom. The second kappa shape index (κ2) is 10.3. The van der Waals surface area contributed by atoms with E-state index in [0.717, 1.165) is 49.1 Å². The first-order valence-electron chi connectivity index (χ1n) is 8.75. The predicted octanol–water partition coefficient (Wildman–Crippen LogP) is 2.48. The van der Waals surface area contributed by atoms with Crippen LogP contribution in [0.1, 0.15) is 26.2 Å². The van der Waals surface area contributed by atoms with Crippen LogP contribution in [0.2, 0.25) is 0 Å². The highest BCUT2D eigenvalue weighted by atomic mass is 32.2. The zero-order valence-corrected chi connectivity index (χ0v) is 15.7. The number of hydrogen-bond donors (Lipinski definition) is 2. The molecule has 5 nitrogen and oxygen atoms in total. The second-order valence-corrected chi connectivity index (χ2v) is 7.15. The molecule has 1 aliphatic rings. The Balaban J connectivity index is 1.62. The molecule has 0 saturated carbocycles. The molecule has 2 N–H and O–H groups in total. The lowest BCUT2D eigenvalue weighted by molar-refractivity contribution is -0.129. The molecule has 1 atom stereocenters. The molecule has 138 valence electrons. The fourth-order valence-corrected chi connectivity index (χ4v) is 3.57. The van der Waals surface area contributed by atoms with Crippen LogP contribution >= 0.6 is 11.8 Å². The molecule has 1 heterocycles. The van der Waals surface area contributed by atoms with E-state index in [2.05, 4.69) is 15.6 Å². The third kappa shape index (κ3) is 6.57. The normalized spacial score (nSPS) is 17.6. The standard InChI is InChI=1S/C18H27FN4OS/c1-3-17(24)23-11-9-15(13-23)22-18(20-2)21-10-4-12-25-16-7-5-14(19)6-8-16/h5-8,15H,3-4,9-13H2,1-2H3,(H2,20,21,22). The van der Waals surface area contributed by atoms with E-state index in [1.807, 2.05) is 11.8 Å². The van der Waals surface area contributed by atoms with Crippen molar-refractivity contribution in [3.05, 3.63) is 30.1 Å². The quantitative estimate of drug-likeness (QED) is 0.337. The maximum atomic E-state index is 12.9. The molecule has 0 aromatic heterocycles. The summed E-state index contributed by atoms with van der Waals surface area (Å²) in [7, 11) is 1.76. The van der Waals surface area contributed by atoms with Crippen LogP contribution in [0.5, 0.6) is 0 Å². The largest absolute Gasteiger partial charge is 0.356 e. The Morgan fingerprint density at radius 3 is 2.84 bits per heavy atom. The molecule has 1 aromatic rings. The third-order valence-corrected chi connectivity index (χ3v) is 5.20. The van der Waals surface area contributed by atoms with Crippen molar-refractivity contribution in [1.82, 2.24) is 15.5 Å². The van der Waals surface area contributed by atoms with Crippen LogP contribution in [-0.4, -0.2) is 55.2 Å². The van der Waals surface area contributed by atoms with Crippen LogP contribution in [0.3, 0.4) is 0 Å². The van der Waals surface area contributed by atoms with Crippen molar-refractivity contribution >= 4 is 23.6 Å². The van der Waals surface area contributed by atoms with Gasteiger partial charge in [-0.05, 0) is 42.9 Å².